The van der Waals surface area contributed by atoms with E-state index in [0.717, 1.165) is 14.2 Å². The molecular formula is C2H10Mg2O2Se2-2. The Kier molecular flexibility index (Phi) is 646. The molecule has 0 aliphatic heterocycles. The summed E-state index contributed by atoms with van der Waals surface area (Å²) in [4.78, 5) is 0. The average Bonchev–Trinajstić information content (AvgIpc) is 1.50. The van der Waals surface area contributed by atoms with Crippen molar-refractivity contribution < 1.29 is 10.2 Å². The van der Waals surface area contributed by atoms with E-state index in [0.29, 0.717) is 0 Å². The summed E-state index contributed by atoms with van der Waals surface area (Å²) in [5, 5.41) is 14.0. The van der Waals surface area contributed by atoms with Gasteiger partial charge in [0.25, 0.3) is 0 Å². The molecule has 6 heteroatoms. The van der Waals surface area contributed by atoms with Crippen molar-refractivity contribution in [3.8, 4) is 0 Å². The molecule has 0 aliphatic carbocycles. The molecule has 0 aromatic carbocycles. The summed E-state index contributed by atoms with van der Waals surface area (Å²) in [5.74, 6) is 0. The van der Waals surface area contributed by atoms with E-state index in [-0.39, 0.29) is 80.2 Å². The van der Waals surface area contributed by atoms with Crippen molar-refractivity contribution >= 4 is 80.2 Å². The quantitative estimate of drug-likeness (QED) is 0.467. The predicted molar refractivity (Wildman–Crippen MR) is 42.1 cm³/mol. The van der Waals surface area contributed by atoms with E-state index in [1.807, 2.05) is 0 Å². The molecule has 0 rings (SSSR count). The summed E-state index contributed by atoms with van der Waals surface area (Å²) in [6.45, 7) is 0. The standard InChI is InChI=1S/2CH4O.2Mg.2Se.2H/c2*1-2;;;;;;/h2*2H,1H3;;;;;;/q;;2*+1;2*-2;;. The minimum Gasteiger partial charge on any atom is -2.00 e. The first-order chi connectivity index (χ1) is 2.00. The smallest absolute Gasteiger partial charge is 2.00 e. The van der Waals surface area contributed by atoms with Crippen molar-refractivity contribution in [3.63, 3.8) is 0 Å². The second kappa shape index (κ2) is 110. The van der Waals surface area contributed by atoms with Gasteiger partial charge in [-0.15, -0.1) is 0 Å². The molecule has 0 bridgehead atoms. The van der Waals surface area contributed by atoms with Gasteiger partial charge in [-0.25, -0.2) is 0 Å². The molecule has 0 unspecified atom stereocenters. The molecule has 0 saturated heterocycles. The molecule has 0 aliphatic rings. The van der Waals surface area contributed by atoms with E-state index in [4.69, 9.17) is 10.2 Å². The zero-order chi connectivity index (χ0) is 4.00. The Bertz CT molecular complexity index is 16.0. The van der Waals surface area contributed by atoms with Gasteiger partial charge in [0.2, 0.25) is 0 Å². The molecule has 0 radical (unpaired) electrons. The van der Waals surface area contributed by atoms with Crippen LogP contribution in [0.4, 0.5) is 0 Å². The Morgan fingerprint density at radius 2 is 0.625 bits per heavy atom. The Labute approximate surface area is 103 Å². The SMILES string of the molecule is CO.CO.[MgH+].[MgH+].[Se-2].[Se-2]. The van der Waals surface area contributed by atoms with Gasteiger partial charge in [0.05, 0.1) is 0 Å². The van der Waals surface area contributed by atoms with Crippen molar-refractivity contribution in [2.75, 3.05) is 14.2 Å². The van der Waals surface area contributed by atoms with E-state index in [2.05, 4.69) is 0 Å². The van der Waals surface area contributed by atoms with Gasteiger partial charge in [-0.1, -0.05) is 0 Å². The topological polar surface area (TPSA) is 40.5 Å². The summed E-state index contributed by atoms with van der Waals surface area (Å²) in [5.41, 5.74) is 0. The van der Waals surface area contributed by atoms with Crippen molar-refractivity contribution in [1.29, 1.82) is 0 Å². The van der Waals surface area contributed by atoms with E-state index in [9.17, 15) is 0 Å². The molecule has 2 N–H and O–H groups in total. The van der Waals surface area contributed by atoms with Gasteiger partial charge in [0.15, 0.2) is 0 Å². The molecule has 0 saturated carbocycles. The van der Waals surface area contributed by atoms with Gasteiger partial charge in [-0.05, 0) is 0 Å². The van der Waals surface area contributed by atoms with Gasteiger partial charge in [0.1, 0.15) is 0 Å². The van der Waals surface area contributed by atoms with Crippen LogP contribution in [0.5, 0.6) is 0 Å². The largest absolute Gasteiger partial charge is 2.00 e. The van der Waals surface area contributed by atoms with Crippen LogP contribution in [-0.4, -0.2) is 105 Å². The zero-order valence-electron chi connectivity index (χ0n) is 5.71. The number of aliphatic hydroxyl groups excluding tert-OH is 2. The molecule has 0 amide bonds. The van der Waals surface area contributed by atoms with Gasteiger partial charge >= 0.3 is 46.1 Å². The van der Waals surface area contributed by atoms with Crippen LogP contribution in [0.3, 0.4) is 0 Å². The number of hydrogen-bond acceptors (Lipinski definition) is 2. The molecule has 0 aromatic heterocycles. The fourth-order valence-corrected chi connectivity index (χ4v) is 0. The van der Waals surface area contributed by atoms with E-state index < -0.39 is 0 Å². The average molecular weight is 273 g/mol. The first-order valence-electron chi connectivity index (χ1n) is 0.894. The maximum absolute atomic E-state index is 7.00. The van der Waals surface area contributed by atoms with Gasteiger partial charge in [0, 0.05) is 14.2 Å². The monoisotopic (exact) mass is 274 g/mol. The van der Waals surface area contributed by atoms with Gasteiger partial charge in [-0.3, -0.25) is 0 Å². The fraction of sp³-hybridized carbons (Fsp3) is 1.00. The molecule has 2 nitrogen and oxygen atoms in total. The molecule has 48 valence electrons. The van der Waals surface area contributed by atoms with Gasteiger partial charge < -0.3 is 44.4 Å². The molecule has 8 heavy (non-hydrogen) atoms. The van der Waals surface area contributed by atoms with Crippen LogP contribution in [0.15, 0.2) is 0 Å². The summed E-state index contributed by atoms with van der Waals surface area (Å²) in [7, 11) is 2.00. The minimum atomic E-state index is 0. The first-order valence-corrected chi connectivity index (χ1v) is 0.894. The van der Waals surface area contributed by atoms with Crippen LogP contribution in [0.2, 0.25) is 0 Å². The molecule has 0 atom stereocenters. The van der Waals surface area contributed by atoms with Crippen LogP contribution in [0, 0.1) is 0 Å². The predicted octanol–water partition coefficient (Wildman–Crippen LogP) is -2.84. The van der Waals surface area contributed by atoms with E-state index in [1.165, 1.54) is 0 Å². The number of hydrogen-bond donors (Lipinski definition) is 2. The third kappa shape index (κ3) is 76.8. The third-order valence-corrected chi connectivity index (χ3v) is 0. The third-order valence-electron chi connectivity index (χ3n) is 0. The Hall–Kier alpha value is 2.49. The van der Waals surface area contributed by atoms with Gasteiger partial charge in [-0.2, -0.15) is 0 Å². The maximum Gasteiger partial charge on any atom is -2.00 e. The molecular weight excluding hydrogens is 263 g/mol. The summed E-state index contributed by atoms with van der Waals surface area (Å²) >= 11 is 0. The van der Waals surface area contributed by atoms with Crippen LogP contribution in [0.25, 0.3) is 0 Å². The van der Waals surface area contributed by atoms with Crippen molar-refractivity contribution in [2.45, 2.75) is 0 Å². The maximum atomic E-state index is 7.00. The summed E-state index contributed by atoms with van der Waals surface area (Å²) < 4.78 is 0. The molecule has 0 aromatic rings. The zero-order valence-corrected chi connectivity index (χ0v) is 13.1. The summed E-state index contributed by atoms with van der Waals surface area (Å²) in [6.07, 6.45) is 0. The number of rotatable bonds is 0. The van der Waals surface area contributed by atoms with Crippen LogP contribution < -0.4 is 0 Å². The Morgan fingerprint density at radius 1 is 0.625 bits per heavy atom. The Balaban J connectivity index is -0.00000000167. The van der Waals surface area contributed by atoms with Crippen LogP contribution >= 0.6 is 0 Å². The van der Waals surface area contributed by atoms with Crippen LogP contribution in [0.1, 0.15) is 0 Å². The fourth-order valence-electron chi connectivity index (χ4n) is 0. The van der Waals surface area contributed by atoms with E-state index >= 15 is 0 Å². The minimum absolute atomic E-state index is 0. The number of aliphatic hydroxyl groups is 2. The first kappa shape index (κ1) is 46.9. The normalized spacial score (nSPS) is 1.50. The van der Waals surface area contributed by atoms with Crippen LogP contribution in [-0.2, 0) is 0 Å². The second-order valence-electron chi connectivity index (χ2n) is 0. The molecule has 0 fully saturated rings. The second-order valence-corrected chi connectivity index (χ2v) is 0. The summed E-state index contributed by atoms with van der Waals surface area (Å²) in [6, 6.07) is 0. The molecule has 0 heterocycles. The van der Waals surface area contributed by atoms with E-state index in [1.54, 1.807) is 0 Å². The van der Waals surface area contributed by atoms with Crippen molar-refractivity contribution in [1.82, 2.24) is 0 Å². The van der Waals surface area contributed by atoms with Crippen molar-refractivity contribution in [2.24, 2.45) is 0 Å². The van der Waals surface area contributed by atoms with Crippen molar-refractivity contribution in [3.05, 3.63) is 0 Å². The molecule has 0 spiro atoms. The Morgan fingerprint density at radius 3 is 0.625 bits per heavy atom.